The third-order valence-corrected chi connectivity index (χ3v) is 8.07. The van der Waals surface area contributed by atoms with Gasteiger partial charge in [-0.25, -0.2) is 35.9 Å². The number of hydrogen-bond donors (Lipinski definition) is 3. The van der Waals surface area contributed by atoms with Crippen molar-refractivity contribution in [2.75, 3.05) is 28.9 Å². The van der Waals surface area contributed by atoms with Gasteiger partial charge < -0.3 is 15.4 Å². The third kappa shape index (κ3) is 7.46. The Morgan fingerprint density at radius 3 is 2.65 bits per heavy atom. The van der Waals surface area contributed by atoms with Gasteiger partial charge in [0.05, 0.1) is 28.9 Å². The van der Waals surface area contributed by atoms with Gasteiger partial charge in [0.25, 0.3) is 0 Å². The van der Waals surface area contributed by atoms with Crippen molar-refractivity contribution in [1.82, 2.24) is 25.5 Å². The number of alkyl halides is 3. The molecule has 0 bridgehead atoms. The first kappa shape index (κ1) is 30.4. The zero-order chi connectivity index (χ0) is 30.8. The monoisotopic (exact) mass is 619 g/mol. The van der Waals surface area contributed by atoms with Crippen LogP contribution >= 0.6 is 0 Å². The highest BCUT2D eigenvalue weighted by Crippen LogP contribution is 2.39. The summed E-state index contributed by atoms with van der Waals surface area (Å²) >= 11 is 0. The van der Waals surface area contributed by atoms with E-state index < -0.39 is 40.1 Å². The quantitative estimate of drug-likeness (QED) is 0.204. The minimum absolute atomic E-state index is 0.0579. The Morgan fingerprint density at radius 2 is 1.88 bits per heavy atom. The molecular weight excluding hydrogens is 590 g/mol. The number of fused-ring (bicyclic) bond motifs is 1. The molecule has 3 heterocycles. The largest absolute Gasteiger partial charge is 0.436 e. The summed E-state index contributed by atoms with van der Waals surface area (Å²) in [6, 6.07) is 8.67. The number of rotatable bonds is 10. The van der Waals surface area contributed by atoms with Crippen LogP contribution in [0.1, 0.15) is 25.3 Å². The van der Waals surface area contributed by atoms with Crippen molar-refractivity contribution in [2.45, 2.75) is 44.8 Å². The summed E-state index contributed by atoms with van der Waals surface area (Å²) in [6.45, 7) is 3.21. The molecule has 3 N–H and O–H groups in total. The molecule has 0 aliphatic carbocycles. The van der Waals surface area contributed by atoms with Crippen LogP contribution in [-0.4, -0.2) is 65.6 Å². The highest BCUT2D eigenvalue weighted by atomic mass is 32.2. The molecule has 228 valence electrons. The zero-order valence-electron chi connectivity index (χ0n) is 23.2. The highest BCUT2D eigenvalue weighted by Gasteiger charge is 2.27. The average molecular weight is 620 g/mol. The van der Waals surface area contributed by atoms with Crippen molar-refractivity contribution >= 4 is 32.4 Å². The highest BCUT2D eigenvalue weighted by molar-refractivity contribution is 7.92. The third-order valence-electron chi connectivity index (χ3n) is 6.81. The fourth-order valence-electron chi connectivity index (χ4n) is 4.67. The molecule has 0 amide bonds. The first-order valence-electron chi connectivity index (χ1n) is 13.4. The van der Waals surface area contributed by atoms with Crippen LogP contribution in [0.2, 0.25) is 0 Å². The maximum absolute atomic E-state index is 14.9. The van der Waals surface area contributed by atoms with Gasteiger partial charge in [-0.1, -0.05) is 12.1 Å². The number of piperidine rings is 1. The number of aryl methyl sites for hydroxylation is 1. The van der Waals surface area contributed by atoms with E-state index in [1.165, 1.54) is 24.5 Å². The molecule has 2 aromatic carbocycles. The normalized spacial score (nSPS) is 17.5. The molecule has 0 unspecified atom stereocenters. The fourth-order valence-corrected chi connectivity index (χ4v) is 5.91. The first-order valence-corrected chi connectivity index (χ1v) is 15.1. The van der Waals surface area contributed by atoms with Crippen molar-refractivity contribution < 1.29 is 30.7 Å². The van der Waals surface area contributed by atoms with Crippen molar-refractivity contribution in [2.24, 2.45) is 0 Å². The summed E-state index contributed by atoms with van der Waals surface area (Å²) in [4.78, 5) is 8.79. The maximum atomic E-state index is 14.9. The lowest BCUT2D eigenvalue weighted by Gasteiger charge is -2.26. The van der Waals surface area contributed by atoms with Gasteiger partial charge in [0.2, 0.25) is 27.8 Å². The number of nitrogens with one attached hydrogen (secondary N) is 3. The number of benzene rings is 2. The van der Waals surface area contributed by atoms with E-state index in [0.717, 1.165) is 6.07 Å². The number of nitrogens with zero attached hydrogens (tertiary/aromatic N) is 4. The number of hydrogen-bond acceptors (Lipinski definition) is 9. The SMILES string of the molecule is Cc1ccc2c(NS(=O)(=O)CCC(C)(F)F)c(F)ccc2c1Oc1nnccc1-c1ccnc(N[C@@H]2CNC[C@@H](F)C2)n1. The van der Waals surface area contributed by atoms with Crippen LogP contribution in [0.3, 0.4) is 0 Å². The zero-order valence-corrected chi connectivity index (χ0v) is 24.1. The molecule has 0 radical (unpaired) electrons. The summed E-state index contributed by atoms with van der Waals surface area (Å²) < 4.78 is 88.8. The molecule has 0 saturated carbocycles. The summed E-state index contributed by atoms with van der Waals surface area (Å²) in [5.74, 6) is -4.40. The van der Waals surface area contributed by atoms with E-state index in [9.17, 15) is 26.0 Å². The summed E-state index contributed by atoms with van der Waals surface area (Å²) in [7, 11) is -4.30. The molecule has 0 spiro atoms. The van der Waals surface area contributed by atoms with Gasteiger partial charge in [0, 0.05) is 48.9 Å². The van der Waals surface area contributed by atoms with Gasteiger partial charge in [-0.15, -0.1) is 5.10 Å². The Labute approximate surface area is 245 Å². The van der Waals surface area contributed by atoms with Gasteiger partial charge >= 0.3 is 0 Å². The van der Waals surface area contributed by atoms with E-state index >= 15 is 0 Å². The number of ether oxygens (including phenoxy) is 1. The van der Waals surface area contributed by atoms with Crippen LogP contribution in [-0.2, 0) is 10.0 Å². The van der Waals surface area contributed by atoms with E-state index in [1.54, 1.807) is 25.1 Å². The van der Waals surface area contributed by atoms with Crippen LogP contribution in [0, 0.1) is 12.7 Å². The second-order valence-electron chi connectivity index (χ2n) is 10.4. The lowest BCUT2D eigenvalue weighted by Crippen LogP contribution is -2.44. The van der Waals surface area contributed by atoms with E-state index in [1.807, 2.05) is 0 Å². The molecule has 1 aliphatic heterocycles. The average Bonchev–Trinajstić information content (AvgIpc) is 2.95. The topological polar surface area (TPSA) is 131 Å². The lowest BCUT2D eigenvalue weighted by atomic mass is 10.0. The van der Waals surface area contributed by atoms with E-state index in [-0.39, 0.29) is 34.7 Å². The predicted molar refractivity (Wildman–Crippen MR) is 154 cm³/mol. The first-order chi connectivity index (χ1) is 20.4. The van der Waals surface area contributed by atoms with Crippen molar-refractivity contribution in [3.8, 4) is 22.9 Å². The van der Waals surface area contributed by atoms with Gasteiger partial charge in [-0.05, 0) is 43.7 Å². The number of sulfonamides is 1. The van der Waals surface area contributed by atoms with Crippen molar-refractivity contribution in [3.05, 3.63) is 60.2 Å². The van der Waals surface area contributed by atoms with Crippen LogP contribution < -0.4 is 20.1 Å². The van der Waals surface area contributed by atoms with Crippen LogP contribution in [0.25, 0.3) is 22.0 Å². The number of aromatic nitrogens is 4. The molecule has 2 atom stereocenters. The summed E-state index contributed by atoms with van der Waals surface area (Å²) in [5, 5.41) is 14.7. The fraction of sp³-hybridized carbons (Fsp3) is 0.357. The molecule has 1 saturated heterocycles. The van der Waals surface area contributed by atoms with Gasteiger partial charge in [-0.3, -0.25) is 4.72 Å². The Balaban J connectivity index is 1.47. The van der Waals surface area contributed by atoms with Crippen LogP contribution in [0.4, 0.5) is 29.2 Å². The molecule has 4 aromatic rings. The second kappa shape index (κ2) is 12.2. The molecule has 2 aromatic heterocycles. The predicted octanol–water partition coefficient (Wildman–Crippen LogP) is 5.23. The molecule has 10 nitrogen and oxygen atoms in total. The Morgan fingerprint density at radius 1 is 1.09 bits per heavy atom. The van der Waals surface area contributed by atoms with Crippen molar-refractivity contribution in [1.29, 1.82) is 0 Å². The lowest BCUT2D eigenvalue weighted by molar-refractivity contribution is 0.0189. The Bertz CT molecular complexity index is 1740. The standard InChI is InChI=1S/C28H29F4N7O3S/c1-16-3-4-19-20(5-6-22(30)24(19)39-43(40,41)12-9-28(2,31)32)25(16)42-26-21(7-11-35-38-26)23-8-10-34-27(37-23)36-18-13-17(29)14-33-15-18/h3-8,10-11,17-18,33,39H,9,12-15H2,1-2H3,(H,34,36,37)/t17-,18-/m0/s1. The van der Waals surface area contributed by atoms with Crippen molar-refractivity contribution in [3.63, 3.8) is 0 Å². The van der Waals surface area contributed by atoms with Gasteiger partial charge in [0.15, 0.2) is 0 Å². The summed E-state index contributed by atoms with van der Waals surface area (Å²) in [6.07, 6.45) is 1.40. The second-order valence-corrected chi connectivity index (χ2v) is 12.3. The molecule has 1 aliphatic rings. The maximum Gasteiger partial charge on any atom is 0.248 e. The Hall–Kier alpha value is -4.11. The number of halogens is 4. The minimum Gasteiger partial charge on any atom is -0.436 e. The smallest absolute Gasteiger partial charge is 0.248 e. The molecule has 5 rings (SSSR count). The molecular formula is C28H29F4N7O3S. The van der Waals surface area contributed by atoms with Crippen LogP contribution in [0.5, 0.6) is 11.6 Å². The Kier molecular flexibility index (Phi) is 8.64. The molecule has 1 fully saturated rings. The van der Waals surface area contributed by atoms with Crippen LogP contribution in [0.15, 0.2) is 48.8 Å². The molecule has 15 heteroatoms. The minimum atomic E-state index is -4.30. The van der Waals surface area contributed by atoms with E-state index in [4.69, 9.17) is 4.74 Å². The molecule has 43 heavy (non-hydrogen) atoms. The number of anilines is 2. The van der Waals surface area contributed by atoms with E-state index in [2.05, 4.69) is 35.5 Å². The van der Waals surface area contributed by atoms with Gasteiger partial charge in [-0.2, -0.15) is 5.10 Å². The van der Waals surface area contributed by atoms with Gasteiger partial charge in [0.1, 0.15) is 17.7 Å². The van der Waals surface area contributed by atoms with E-state index in [0.29, 0.717) is 48.6 Å². The summed E-state index contributed by atoms with van der Waals surface area (Å²) in [5.41, 5.74) is 1.12.